The molecule has 25 heavy (non-hydrogen) atoms. The number of nitrogens with zero attached hydrogens (tertiary/aromatic N) is 3. The molecule has 136 valence electrons. The number of amides is 1. The minimum atomic E-state index is -0.335. The quantitative estimate of drug-likeness (QED) is 0.892. The molecule has 6 heteroatoms. The molecule has 1 aromatic rings. The molecule has 5 nitrogen and oxygen atoms in total. The summed E-state index contributed by atoms with van der Waals surface area (Å²) < 4.78 is 13.1. The molecule has 3 heterocycles. The van der Waals surface area contributed by atoms with Gasteiger partial charge in [-0.1, -0.05) is 0 Å². The van der Waals surface area contributed by atoms with Crippen LogP contribution in [0, 0.1) is 11.2 Å². The minimum absolute atomic E-state index is 0.197. The Morgan fingerprint density at radius 1 is 1.16 bits per heavy atom. The molecule has 1 atom stereocenters. The van der Waals surface area contributed by atoms with Crippen LogP contribution in [-0.2, 0) is 4.79 Å². The highest BCUT2D eigenvalue weighted by Crippen LogP contribution is 2.43. The first-order valence-corrected chi connectivity index (χ1v) is 9.43. The van der Waals surface area contributed by atoms with E-state index >= 15 is 0 Å². The highest BCUT2D eigenvalue weighted by molar-refractivity contribution is 5.86. The Morgan fingerprint density at radius 2 is 1.96 bits per heavy atom. The SMILES string of the molecule is O=C1N([C@H]2CC[C@H](O)CC2)CCC12CCCN(c1ccc(F)cn1)C2. The molecule has 1 amide bonds. The Bertz CT molecular complexity index is 630. The van der Waals surface area contributed by atoms with Gasteiger partial charge in [0.1, 0.15) is 11.6 Å². The van der Waals surface area contributed by atoms with Gasteiger partial charge in [0.15, 0.2) is 0 Å². The van der Waals surface area contributed by atoms with Crippen LogP contribution in [0.25, 0.3) is 0 Å². The Balaban J connectivity index is 1.48. The monoisotopic (exact) mass is 347 g/mol. The lowest BCUT2D eigenvalue weighted by Gasteiger charge is -2.41. The summed E-state index contributed by atoms with van der Waals surface area (Å²) in [7, 11) is 0. The van der Waals surface area contributed by atoms with E-state index in [4.69, 9.17) is 0 Å². The molecule has 1 N–H and O–H groups in total. The van der Waals surface area contributed by atoms with Crippen molar-refractivity contribution in [1.82, 2.24) is 9.88 Å². The Morgan fingerprint density at radius 3 is 2.68 bits per heavy atom. The predicted octanol–water partition coefficient (Wildman–Crippen LogP) is 2.34. The summed E-state index contributed by atoms with van der Waals surface area (Å²) in [4.78, 5) is 21.7. The second-order valence-corrected chi connectivity index (χ2v) is 7.85. The van der Waals surface area contributed by atoms with Crippen molar-refractivity contribution in [3.63, 3.8) is 0 Å². The van der Waals surface area contributed by atoms with Crippen LogP contribution in [0.2, 0.25) is 0 Å². The van der Waals surface area contributed by atoms with E-state index in [1.165, 1.54) is 12.3 Å². The standard InChI is InChI=1S/C19H26FN3O2/c20-14-2-7-17(21-12-14)22-10-1-8-19(13-22)9-11-23(18(19)25)15-3-5-16(24)6-4-15/h2,7,12,15-16,24H,1,3-6,8-11,13H2/t15-,16-,19?. The maximum Gasteiger partial charge on any atom is 0.230 e. The number of likely N-dealkylation sites (tertiary alicyclic amines) is 1. The van der Waals surface area contributed by atoms with Crippen molar-refractivity contribution in [3.8, 4) is 0 Å². The number of rotatable bonds is 2. The van der Waals surface area contributed by atoms with E-state index < -0.39 is 0 Å². The van der Waals surface area contributed by atoms with Gasteiger partial charge < -0.3 is 14.9 Å². The highest BCUT2D eigenvalue weighted by Gasteiger charge is 2.50. The fraction of sp³-hybridized carbons (Fsp3) is 0.684. The Kier molecular flexibility index (Phi) is 4.40. The van der Waals surface area contributed by atoms with Crippen LogP contribution in [-0.4, -0.2) is 52.7 Å². The van der Waals surface area contributed by atoms with Crippen molar-refractivity contribution in [2.45, 2.75) is 57.1 Å². The van der Waals surface area contributed by atoms with Gasteiger partial charge in [0, 0.05) is 25.7 Å². The fourth-order valence-electron chi connectivity index (χ4n) is 4.83. The third kappa shape index (κ3) is 3.12. The van der Waals surface area contributed by atoms with Crippen LogP contribution >= 0.6 is 0 Å². The molecular formula is C19H26FN3O2. The van der Waals surface area contributed by atoms with E-state index in [0.717, 1.165) is 63.9 Å². The summed E-state index contributed by atoms with van der Waals surface area (Å²) in [5.41, 5.74) is -0.315. The van der Waals surface area contributed by atoms with E-state index in [2.05, 4.69) is 14.8 Å². The average Bonchev–Trinajstić information content (AvgIpc) is 2.93. The third-order valence-electron chi connectivity index (χ3n) is 6.27. The molecule has 4 rings (SSSR count). The number of anilines is 1. The van der Waals surface area contributed by atoms with Gasteiger partial charge in [-0.15, -0.1) is 0 Å². The van der Waals surface area contributed by atoms with Crippen LogP contribution in [0.15, 0.2) is 18.3 Å². The molecule has 2 aliphatic heterocycles. The summed E-state index contributed by atoms with van der Waals surface area (Å²) in [5, 5.41) is 9.71. The molecule has 2 saturated heterocycles. The summed E-state index contributed by atoms with van der Waals surface area (Å²) in [5.74, 6) is 0.700. The zero-order valence-corrected chi connectivity index (χ0v) is 14.5. The lowest BCUT2D eigenvalue weighted by Crippen LogP contribution is -2.50. The van der Waals surface area contributed by atoms with Gasteiger partial charge in [-0.05, 0) is 57.1 Å². The van der Waals surface area contributed by atoms with Gasteiger partial charge in [-0.3, -0.25) is 4.79 Å². The van der Waals surface area contributed by atoms with Crippen molar-refractivity contribution in [2.24, 2.45) is 5.41 Å². The second-order valence-electron chi connectivity index (χ2n) is 7.85. The number of hydrogen-bond acceptors (Lipinski definition) is 4. The average molecular weight is 347 g/mol. The molecule has 0 aromatic carbocycles. The molecule has 1 saturated carbocycles. The molecular weight excluding hydrogens is 321 g/mol. The maximum atomic E-state index is 13.3. The molecule has 0 bridgehead atoms. The summed E-state index contributed by atoms with van der Waals surface area (Å²) in [6, 6.07) is 3.42. The van der Waals surface area contributed by atoms with Crippen molar-refractivity contribution in [2.75, 3.05) is 24.5 Å². The number of pyridine rings is 1. The highest BCUT2D eigenvalue weighted by atomic mass is 19.1. The molecule has 1 spiro atoms. The first kappa shape index (κ1) is 16.8. The topological polar surface area (TPSA) is 56.7 Å². The number of aliphatic hydroxyl groups is 1. The zero-order valence-electron chi connectivity index (χ0n) is 14.5. The Hall–Kier alpha value is -1.69. The molecule has 3 aliphatic rings. The first-order valence-electron chi connectivity index (χ1n) is 9.43. The molecule has 0 radical (unpaired) electrons. The number of aromatic nitrogens is 1. The van der Waals surface area contributed by atoms with Gasteiger partial charge in [-0.2, -0.15) is 0 Å². The van der Waals surface area contributed by atoms with Crippen molar-refractivity contribution < 1.29 is 14.3 Å². The van der Waals surface area contributed by atoms with Crippen LogP contribution < -0.4 is 4.90 Å². The van der Waals surface area contributed by atoms with Crippen molar-refractivity contribution in [1.29, 1.82) is 0 Å². The summed E-state index contributed by atoms with van der Waals surface area (Å²) in [6.07, 6.45) is 7.24. The van der Waals surface area contributed by atoms with Gasteiger partial charge >= 0.3 is 0 Å². The number of piperidine rings is 1. The predicted molar refractivity (Wildman–Crippen MR) is 92.7 cm³/mol. The number of aliphatic hydroxyl groups excluding tert-OH is 1. The number of hydrogen-bond donors (Lipinski definition) is 1. The second kappa shape index (κ2) is 6.56. The van der Waals surface area contributed by atoms with E-state index in [9.17, 15) is 14.3 Å². The third-order valence-corrected chi connectivity index (χ3v) is 6.27. The van der Waals surface area contributed by atoms with Gasteiger partial charge in [0.05, 0.1) is 17.7 Å². The molecule has 3 fully saturated rings. The van der Waals surface area contributed by atoms with E-state index in [1.54, 1.807) is 6.07 Å². The maximum absolute atomic E-state index is 13.3. The van der Waals surface area contributed by atoms with Crippen LogP contribution in [0.4, 0.5) is 10.2 Å². The van der Waals surface area contributed by atoms with Crippen LogP contribution in [0.5, 0.6) is 0 Å². The van der Waals surface area contributed by atoms with E-state index in [1.807, 2.05) is 0 Å². The summed E-state index contributed by atoms with van der Waals surface area (Å²) in [6.45, 7) is 2.36. The Labute approximate surface area is 147 Å². The van der Waals surface area contributed by atoms with Crippen molar-refractivity contribution in [3.05, 3.63) is 24.1 Å². The normalized spacial score (nSPS) is 33.3. The number of carbonyl (C=O) groups excluding carboxylic acids is 1. The van der Waals surface area contributed by atoms with Gasteiger partial charge in [-0.25, -0.2) is 9.37 Å². The van der Waals surface area contributed by atoms with Crippen LogP contribution in [0.1, 0.15) is 44.9 Å². The van der Waals surface area contributed by atoms with Crippen LogP contribution in [0.3, 0.4) is 0 Å². The van der Waals surface area contributed by atoms with Gasteiger partial charge in [0.25, 0.3) is 0 Å². The number of halogens is 1. The van der Waals surface area contributed by atoms with Gasteiger partial charge in [0.2, 0.25) is 5.91 Å². The van der Waals surface area contributed by atoms with E-state index in [0.29, 0.717) is 6.54 Å². The summed E-state index contributed by atoms with van der Waals surface area (Å²) >= 11 is 0. The van der Waals surface area contributed by atoms with E-state index in [-0.39, 0.29) is 29.3 Å². The molecule has 1 unspecified atom stereocenters. The van der Waals surface area contributed by atoms with Crippen molar-refractivity contribution >= 4 is 11.7 Å². The lowest BCUT2D eigenvalue weighted by atomic mass is 9.78. The zero-order chi connectivity index (χ0) is 17.4. The first-order chi connectivity index (χ1) is 12.1. The largest absolute Gasteiger partial charge is 0.393 e. The number of carbonyl (C=O) groups is 1. The lowest BCUT2D eigenvalue weighted by molar-refractivity contribution is -0.139. The molecule has 1 aliphatic carbocycles. The molecule has 1 aromatic heterocycles. The minimum Gasteiger partial charge on any atom is -0.393 e. The fourth-order valence-corrected chi connectivity index (χ4v) is 4.83. The smallest absolute Gasteiger partial charge is 0.230 e.